The van der Waals surface area contributed by atoms with E-state index in [9.17, 15) is 18.0 Å². The molecule has 148 valence electrons. The molecule has 4 nitrogen and oxygen atoms in total. The van der Waals surface area contributed by atoms with Crippen LogP contribution in [-0.2, 0) is 9.53 Å². The Morgan fingerprint density at radius 2 is 1.86 bits per heavy atom. The van der Waals surface area contributed by atoms with Crippen LogP contribution < -0.4 is 10.2 Å². The highest BCUT2D eigenvalue weighted by molar-refractivity contribution is 5.92. The van der Waals surface area contributed by atoms with Crippen LogP contribution in [0.25, 0.3) is 6.08 Å². The highest BCUT2D eigenvalue weighted by Gasteiger charge is 2.16. The number of nitrogens with zero attached hydrogens (tertiary/aromatic N) is 1. The quantitative estimate of drug-likeness (QED) is 0.789. The Morgan fingerprint density at radius 1 is 1.11 bits per heavy atom. The van der Waals surface area contributed by atoms with E-state index in [0.29, 0.717) is 31.9 Å². The fraction of sp³-hybridized carbons (Fsp3) is 0.286. The first-order valence-corrected chi connectivity index (χ1v) is 8.99. The lowest BCUT2D eigenvalue weighted by atomic mass is 10.1. The Labute approximate surface area is 161 Å². The number of anilines is 1. The van der Waals surface area contributed by atoms with Crippen LogP contribution in [0.1, 0.15) is 24.1 Å². The van der Waals surface area contributed by atoms with E-state index < -0.39 is 23.6 Å². The molecule has 1 aliphatic rings. The van der Waals surface area contributed by atoms with Gasteiger partial charge in [0.05, 0.1) is 19.3 Å². The molecule has 1 N–H and O–H groups in total. The highest BCUT2D eigenvalue weighted by Crippen LogP contribution is 2.23. The summed E-state index contributed by atoms with van der Waals surface area (Å²) in [5.41, 5.74) is 1.46. The van der Waals surface area contributed by atoms with Crippen molar-refractivity contribution >= 4 is 17.7 Å². The molecule has 1 saturated heterocycles. The summed E-state index contributed by atoms with van der Waals surface area (Å²) in [6.45, 7) is 4.26. The van der Waals surface area contributed by atoms with Gasteiger partial charge in [0.15, 0.2) is 0 Å². The second kappa shape index (κ2) is 8.93. The SMILES string of the molecule is CC(NC(=O)C=Cc1ccc(F)cc1F)c1cc(F)cc(N2CCOCC2)c1. The van der Waals surface area contributed by atoms with Crippen LogP contribution >= 0.6 is 0 Å². The highest BCUT2D eigenvalue weighted by atomic mass is 19.1. The third-order valence-corrected chi connectivity index (χ3v) is 4.52. The van der Waals surface area contributed by atoms with Gasteiger partial charge >= 0.3 is 0 Å². The van der Waals surface area contributed by atoms with E-state index in [-0.39, 0.29) is 11.4 Å². The number of carbonyl (C=O) groups is 1. The number of carbonyl (C=O) groups excluding carboxylic acids is 1. The number of halogens is 3. The summed E-state index contributed by atoms with van der Waals surface area (Å²) in [4.78, 5) is 14.2. The molecule has 1 fully saturated rings. The lowest BCUT2D eigenvalue weighted by Gasteiger charge is -2.29. The zero-order valence-electron chi connectivity index (χ0n) is 15.4. The van der Waals surface area contributed by atoms with Gasteiger partial charge in [0, 0.05) is 36.5 Å². The van der Waals surface area contributed by atoms with Crippen LogP contribution in [0.4, 0.5) is 18.9 Å². The summed E-state index contributed by atoms with van der Waals surface area (Å²) in [6, 6.07) is 7.33. The average molecular weight is 390 g/mol. The fourth-order valence-electron chi connectivity index (χ4n) is 3.00. The topological polar surface area (TPSA) is 41.6 Å². The van der Waals surface area contributed by atoms with Crippen molar-refractivity contribution in [3.63, 3.8) is 0 Å². The molecule has 0 spiro atoms. The summed E-state index contributed by atoms with van der Waals surface area (Å²) in [5, 5.41) is 2.72. The number of rotatable bonds is 5. The van der Waals surface area contributed by atoms with Gasteiger partial charge in [-0.1, -0.05) is 0 Å². The largest absolute Gasteiger partial charge is 0.378 e. The van der Waals surface area contributed by atoms with Crippen LogP contribution in [0, 0.1) is 17.5 Å². The lowest BCUT2D eigenvalue weighted by molar-refractivity contribution is -0.117. The summed E-state index contributed by atoms with van der Waals surface area (Å²) >= 11 is 0. The Balaban J connectivity index is 1.68. The summed E-state index contributed by atoms with van der Waals surface area (Å²) < 4.78 is 45.9. The van der Waals surface area contributed by atoms with Gasteiger partial charge in [0.1, 0.15) is 17.5 Å². The number of ether oxygens (including phenoxy) is 1. The number of benzene rings is 2. The second-order valence-corrected chi connectivity index (χ2v) is 6.57. The number of morpholine rings is 1. The second-order valence-electron chi connectivity index (χ2n) is 6.57. The van der Waals surface area contributed by atoms with Crippen LogP contribution in [-0.4, -0.2) is 32.2 Å². The zero-order chi connectivity index (χ0) is 20.1. The first-order valence-electron chi connectivity index (χ1n) is 8.99. The maximum absolute atomic E-state index is 14.1. The van der Waals surface area contributed by atoms with Gasteiger partial charge in [-0.3, -0.25) is 4.79 Å². The maximum Gasteiger partial charge on any atom is 0.244 e. The molecule has 2 aromatic rings. The van der Waals surface area contributed by atoms with Crippen LogP contribution in [0.15, 0.2) is 42.5 Å². The monoisotopic (exact) mass is 390 g/mol. The lowest BCUT2D eigenvalue weighted by Crippen LogP contribution is -2.36. The fourth-order valence-corrected chi connectivity index (χ4v) is 3.00. The van der Waals surface area contributed by atoms with Crippen molar-refractivity contribution in [1.29, 1.82) is 0 Å². The predicted molar refractivity (Wildman–Crippen MR) is 101 cm³/mol. The number of hydrogen-bond donors (Lipinski definition) is 1. The molecule has 3 rings (SSSR count). The van der Waals surface area contributed by atoms with Gasteiger partial charge in [-0.05, 0) is 48.9 Å². The molecule has 0 aliphatic carbocycles. The third-order valence-electron chi connectivity index (χ3n) is 4.52. The van der Waals surface area contributed by atoms with E-state index in [4.69, 9.17) is 4.74 Å². The van der Waals surface area contributed by atoms with E-state index in [1.54, 1.807) is 6.92 Å². The van der Waals surface area contributed by atoms with Crippen LogP contribution in [0.3, 0.4) is 0 Å². The summed E-state index contributed by atoms with van der Waals surface area (Å²) in [5.74, 6) is -2.29. The average Bonchev–Trinajstić information content (AvgIpc) is 2.67. The summed E-state index contributed by atoms with van der Waals surface area (Å²) in [6.07, 6.45) is 2.43. The molecule has 0 bridgehead atoms. The van der Waals surface area contributed by atoms with Gasteiger partial charge in [-0.15, -0.1) is 0 Å². The van der Waals surface area contributed by atoms with E-state index in [1.165, 1.54) is 24.3 Å². The molecule has 7 heteroatoms. The molecule has 2 aromatic carbocycles. The Bertz CT molecular complexity index is 880. The van der Waals surface area contributed by atoms with Gasteiger partial charge in [0.2, 0.25) is 5.91 Å². The number of amides is 1. The molecule has 1 atom stereocenters. The van der Waals surface area contributed by atoms with Gasteiger partial charge in [-0.2, -0.15) is 0 Å². The smallest absolute Gasteiger partial charge is 0.244 e. The number of nitrogens with one attached hydrogen (secondary N) is 1. The minimum Gasteiger partial charge on any atom is -0.378 e. The van der Waals surface area contributed by atoms with E-state index in [2.05, 4.69) is 5.32 Å². The predicted octanol–water partition coefficient (Wildman–Crippen LogP) is 3.83. The van der Waals surface area contributed by atoms with Gasteiger partial charge < -0.3 is 15.0 Å². The van der Waals surface area contributed by atoms with Gasteiger partial charge in [-0.25, -0.2) is 13.2 Å². The van der Waals surface area contributed by atoms with Crippen molar-refractivity contribution < 1.29 is 22.7 Å². The molecular formula is C21H21F3N2O2. The van der Waals surface area contributed by atoms with Crippen molar-refractivity contribution in [2.24, 2.45) is 0 Å². The molecule has 0 aromatic heterocycles. The molecule has 0 radical (unpaired) electrons. The normalized spacial score (nSPS) is 15.6. The first kappa shape index (κ1) is 19.9. The molecule has 1 aliphatic heterocycles. The molecule has 1 unspecified atom stereocenters. The minimum absolute atomic E-state index is 0.101. The molecule has 0 saturated carbocycles. The zero-order valence-corrected chi connectivity index (χ0v) is 15.4. The van der Waals surface area contributed by atoms with E-state index in [0.717, 1.165) is 23.9 Å². The third kappa shape index (κ3) is 5.13. The van der Waals surface area contributed by atoms with Crippen molar-refractivity contribution in [1.82, 2.24) is 5.32 Å². The Morgan fingerprint density at radius 3 is 2.57 bits per heavy atom. The minimum atomic E-state index is -0.752. The molecular weight excluding hydrogens is 369 g/mol. The first-order chi connectivity index (χ1) is 13.4. The van der Waals surface area contributed by atoms with Crippen molar-refractivity contribution in [3.05, 3.63) is 71.1 Å². The molecule has 28 heavy (non-hydrogen) atoms. The van der Waals surface area contributed by atoms with Crippen LogP contribution in [0.2, 0.25) is 0 Å². The van der Waals surface area contributed by atoms with Crippen molar-refractivity contribution in [2.45, 2.75) is 13.0 Å². The maximum atomic E-state index is 14.1. The standard InChI is InChI=1S/C21H21F3N2O2/c1-14(25-21(27)5-3-15-2-4-17(22)13-20(15)24)16-10-18(23)12-19(11-16)26-6-8-28-9-7-26/h2-5,10-14H,6-9H2,1H3,(H,25,27). The van der Waals surface area contributed by atoms with Crippen LogP contribution in [0.5, 0.6) is 0 Å². The molecule has 1 heterocycles. The molecule has 1 amide bonds. The number of hydrogen-bond acceptors (Lipinski definition) is 3. The summed E-state index contributed by atoms with van der Waals surface area (Å²) in [7, 11) is 0. The Hall–Kier alpha value is -2.80. The van der Waals surface area contributed by atoms with Gasteiger partial charge in [0.25, 0.3) is 0 Å². The van der Waals surface area contributed by atoms with E-state index in [1.807, 2.05) is 11.0 Å². The van der Waals surface area contributed by atoms with Crippen molar-refractivity contribution in [3.8, 4) is 0 Å². The Kier molecular flexibility index (Phi) is 6.36. The van der Waals surface area contributed by atoms with Crippen molar-refractivity contribution in [2.75, 3.05) is 31.2 Å². The van der Waals surface area contributed by atoms with E-state index >= 15 is 0 Å².